The van der Waals surface area contributed by atoms with Crippen molar-refractivity contribution in [1.82, 2.24) is 5.32 Å². The fourth-order valence-corrected chi connectivity index (χ4v) is 3.55. The second-order valence-corrected chi connectivity index (χ2v) is 7.24. The molecule has 1 aliphatic carbocycles. The number of halogens is 3. The highest BCUT2D eigenvalue weighted by molar-refractivity contribution is 5.94. The van der Waals surface area contributed by atoms with Gasteiger partial charge in [-0.25, -0.2) is 0 Å². The molecule has 144 valence electrons. The number of benzene rings is 2. The van der Waals surface area contributed by atoms with E-state index < -0.39 is 29.6 Å². The summed E-state index contributed by atoms with van der Waals surface area (Å²) in [5.74, 6) is -0.415. The van der Waals surface area contributed by atoms with Crippen LogP contribution < -0.4 is 10.1 Å². The van der Waals surface area contributed by atoms with Gasteiger partial charge in [-0.05, 0) is 42.2 Å². The molecule has 1 saturated carbocycles. The van der Waals surface area contributed by atoms with Crippen LogP contribution in [0.5, 0.6) is 5.75 Å². The lowest BCUT2D eigenvalue weighted by Crippen LogP contribution is -2.55. The fraction of sp³-hybridized carbons (Fsp3) is 0.333. The normalized spacial score (nSPS) is 22.4. The Balaban J connectivity index is 1.53. The molecule has 7 heteroatoms. The summed E-state index contributed by atoms with van der Waals surface area (Å²) in [6, 6.07) is 14.0. The standard InChI is InChI=1S/C21H17F3N2O2/c22-21(23,24)18-16(11-14-3-1-2-4-17(14)28-18)26-19(27)13-5-7-15(8-6-13)20(12-25)9-10-20/h1-8,16,18H,9-11H2,(H,26,27)/t16-,18-/m1/s1. The Morgan fingerprint density at radius 2 is 1.82 bits per heavy atom. The van der Waals surface area contributed by atoms with Gasteiger partial charge >= 0.3 is 6.18 Å². The van der Waals surface area contributed by atoms with Crippen LogP contribution in [0.15, 0.2) is 48.5 Å². The Morgan fingerprint density at radius 3 is 2.43 bits per heavy atom. The minimum atomic E-state index is -4.61. The van der Waals surface area contributed by atoms with E-state index in [1.54, 1.807) is 42.5 Å². The Morgan fingerprint density at radius 1 is 1.14 bits per heavy atom. The van der Waals surface area contributed by atoms with Crippen LogP contribution in [-0.2, 0) is 11.8 Å². The van der Waals surface area contributed by atoms with Gasteiger partial charge in [-0.1, -0.05) is 30.3 Å². The molecular weight excluding hydrogens is 369 g/mol. The van der Waals surface area contributed by atoms with Crippen LogP contribution >= 0.6 is 0 Å². The first-order valence-electron chi connectivity index (χ1n) is 8.96. The summed E-state index contributed by atoms with van der Waals surface area (Å²) >= 11 is 0. The molecule has 1 N–H and O–H groups in total. The summed E-state index contributed by atoms with van der Waals surface area (Å²) in [4.78, 5) is 12.5. The van der Waals surface area contributed by atoms with Gasteiger partial charge in [0.2, 0.25) is 6.10 Å². The van der Waals surface area contributed by atoms with E-state index in [1.807, 2.05) is 0 Å². The quantitative estimate of drug-likeness (QED) is 0.870. The van der Waals surface area contributed by atoms with E-state index in [-0.39, 0.29) is 17.7 Å². The smallest absolute Gasteiger partial charge is 0.427 e. The lowest BCUT2D eigenvalue weighted by Gasteiger charge is -2.35. The molecule has 4 rings (SSSR count). The average Bonchev–Trinajstić information content (AvgIpc) is 3.48. The molecule has 0 unspecified atom stereocenters. The van der Waals surface area contributed by atoms with Crippen LogP contribution in [0.3, 0.4) is 0 Å². The Kier molecular flexibility index (Phi) is 4.30. The zero-order valence-corrected chi connectivity index (χ0v) is 14.8. The average molecular weight is 386 g/mol. The van der Waals surface area contributed by atoms with Gasteiger partial charge in [0.25, 0.3) is 5.91 Å². The number of amides is 1. The molecule has 4 nitrogen and oxygen atoms in total. The van der Waals surface area contributed by atoms with Gasteiger partial charge in [0.15, 0.2) is 0 Å². The summed E-state index contributed by atoms with van der Waals surface area (Å²) in [7, 11) is 0. The van der Waals surface area contributed by atoms with Crippen molar-refractivity contribution in [3.05, 3.63) is 65.2 Å². The molecule has 0 saturated heterocycles. The summed E-state index contributed by atoms with van der Waals surface area (Å²) in [6.07, 6.45) is -5.14. The molecule has 0 bridgehead atoms. The van der Waals surface area contributed by atoms with Crippen LogP contribution in [0.2, 0.25) is 0 Å². The summed E-state index contributed by atoms with van der Waals surface area (Å²) in [5, 5.41) is 11.7. The summed E-state index contributed by atoms with van der Waals surface area (Å²) < 4.78 is 45.5. The molecular formula is C21H17F3N2O2. The van der Waals surface area contributed by atoms with E-state index in [9.17, 15) is 23.2 Å². The number of carbonyl (C=O) groups is 1. The summed E-state index contributed by atoms with van der Waals surface area (Å²) in [5.41, 5.74) is 1.22. The highest BCUT2D eigenvalue weighted by atomic mass is 19.4. The van der Waals surface area contributed by atoms with Crippen molar-refractivity contribution in [2.45, 2.75) is 43.0 Å². The molecule has 0 spiro atoms. The van der Waals surface area contributed by atoms with E-state index >= 15 is 0 Å². The van der Waals surface area contributed by atoms with Crippen LogP contribution in [-0.4, -0.2) is 24.2 Å². The number of hydrogen-bond acceptors (Lipinski definition) is 3. The van der Waals surface area contributed by atoms with Gasteiger partial charge in [0, 0.05) is 12.0 Å². The van der Waals surface area contributed by atoms with Crippen molar-refractivity contribution in [2.24, 2.45) is 0 Å². The molecule has 2 aromatic rings. The van der Waals surface area contributed by atoms with E-state index in [0.717, 1.165) is 18.4 Å². The molecule has 28 heavy (non-hydrogen) atoms. The van der Waals surface area contributed by atoms with Gasteiger partial charge in [-0.3, -0.25) is 4.79 Å². The maximum Gasteiger partial charge on any atom is 0.427 e. The second kappa shape index (κ2) is 6.55. The van der Waals surface area contributed by atoms with Crippen molar-refractivity contribution in [1.29, 1.82) is 5.26 Å². The number of para-hydroxylation sites is 1. The number of nitriles is 1. The first-order valence-corrected chi connectivity index (χ1v) is 8.96. The summed E-state index contributed by atoms with van der Waals surface area (Å²) in [6.45, 7) is 0. The number of fused-ring (bicyclic) bond motifs is 1. The number of rotatable bonds is 3. The third-order valence-corrected chi connectivity index (χ3v) is 5.33. The highest BCUT2D eigenvalue weighted by Gasteiger charge is 2.50. The van der Waals surface area contributed by atoms with E-state index in [2.05, 4.69) is 11.4 Å². The maximum atomic E-state index is 13.5. The van der Waals surface area contributed by atoms with Gasteiger partial charge in [-0.2, -0.15) is 18.4 Å². The second-order valence-electron chi connectivity index (χ2n) is 7.24. The van der Waals surface area contributed by atoms with Gasteiger partial charge in [0.05, 0.1) is 17.5 Å². The van der Waals surface area contributed by atoms with Crippen molar-refractivity contribution in [3.8, 4) is 11.8 Å². The molecule has 2 atom stereocenters. The predicted molar refractivity (Wildman–Crippen MR) is 94.8 cm³/mol. The van der Waals surface area contributed by atoms with Crippen LogP contribution in [0.4, 0.5) is 13.2 Å². The van der Waals surface area contributed by atoms with Crippen LogP contribution in [0.25, 0.3) is 0 Å². The van der Waals surface area contributed by atoms with Gasteiger partial charge < -0.3 is 10.1 Å². The van der Waals surface area contributed by atoms with Crippen molar-refractivity contribution >= 4 is 5.91 Å². The monoisotopic (exact) mass is 386 g/mol. The molecule has 1 fully saturated rings. The number of alkyl halides is 3. The third kappa shape index (κ3) is 3.31. The number of nitrogens with zero attached hydrogens (tertiary/aromatic N) is 1. The van der Waals surface area contributed by atoms with Gasteiger partial charge in [-0.15, -0.1) is 0 Å². The Hall–Kier alpha value is -3.01. The number of ether oxygens (including phenoxy) is 1. The highest BCUT2D eigenvalue weighted by Crippen LogP contribution is 2.47. The van der Waals surface area contributed by atoms with Crippen LogP contribution in [0.1, 0.15) is 34.3 Å². The lowest BCUT2D eigenvalue weighted by molar-refractivity contribution is -0.205. The molecule has 2 aliphatic rings. The fourth-order valence-electron chi connectivity index (χ4n) is 3.55. The van der Waals surface area contributed by atoms with Crippen molar-refractivity contribution in [3.63, 3.8) is 0 Å². The van der Waals surface area contributed by atoms with E-state index in [1.165, 1.54) is 6.07 Å². The molecule has 1 heterocycles. The third-order valence-electron chi connectivity index (χ3n) is 5.33. The van der Waals surface area contributed by atoms with E-state index in [4.69, 9.17) is 4.74 Å². The minimum absolute atomic E-state index is 0.0295. The molecule has 1 amide bonds. The van der Waals surface area contributed by atoms with Crippen LogP contribution in [0, 0.1) is 11.3 Å². The predicted octanol–water partition coefficient (Wildman–Crippen LogP) is 3.91. The molecule has 0 radical (unpaired) electrons. The molecule has 1 aliphatic heterocycles. The largest absolute Gasteiger partial charge is 0.478 e. The first kappa shape index (κ1) is 18.4. The lowest BCUT2D eigenvalue weighted by atomic mass is 9.95. The van der Waals surface area contributed by atoms with Crippen molar-refractivity contribution < 1.29 is 22.7 Å². The van der Waals surface area contributed by atoms with Crippen molar-refractivity contribution in [2.75, 3.05) is 0 Å². The Bertz CT molecular complexity index is 943. The first-order chi connectivity index (χ1) is 13.3. The molecule has 2 aromatic carbocycles. The topological polar surface area (TPSA) is 62.1 Å². The number of nitrogens with one attached hydrogen (secondary N) is 1. The van der Waals surface area contributed by atoms with Gasteiger partial charge in [0.1, 0.15) is 5.75 Å². The molecule has 0 aromatic heterocycles. The zero-order chi connectivity index (χ0) is 19.9. The van der Waals surface area contributed by atoms with E-state index in [0.29, 0.717) is 5.56 Å². The zero-order valence-electron chi connectivity index (χ0n) is 14.8. The minimum Gasteiger partial charge on any atom is -0.478 e. The number of carbonyl (C=O) groups excluding carboxylic acids is 1. The SMILES string of the molecule is N#CC1(c2ccc(C(=O)N[C@@H]3Cc4ccccc4O[C@H]3C(F)(F)F)cc2)CC1. The Labute approximate surface area is 159 Å². The maximum absolute atomic E-state index is 13.5. The number of hydrogen-bond donors (Lipinski definition) is 1.